The second-order valence-electron chi connectivity index (χ2n) is 6.35. The molecule has 0 heterocycles. The molecule has 2 saturated carbocycles. The highest BCUT2D eigenvalue weighted by molar-refractivity contribution is 5.99. The lowest BCUT2D eigenvalue weighted by Gasteiger charge is -2.21. The molecule has 19 heavy (non-hydrogen) atoms. The number of Topliss-reactive ketones (excluding diaryl/α,β-unsaturated/α-hetero) is 1. The van der Waals surface area contributed by atoms with Crippen molar-refractivity contribution in [2.45, 2.75) is 45.6 Å². The molecule has 102 valence electrons. The van der Waals surface area contributed by atoms with Gasteiger partial charge < -0.3 is 0 Å². The molecule has 0 unspecified atom stereocenters. The highest BCUT2D eigenvalue weighted by atomic mass is 16.1. The van der Waals surface area contributed by atoms with Gasteiger partial charge in [-0.25, -0.2) is 0 Å². The highest BCUT2D eigenvalue weighted by Gasteiger charge is 2.34. The van der Waals surface area contributed by atoms with E-state index in [0.29, 0.717) is 18.4 Å². The summed E-state index contributed by atoms with van der Waals surface area (Å²) >= 11 is 0. The van der Waals surface area contributed by atoms with Crippen LogP contribution in [0.3, 0.4) is 0 Å². The zero-order valence-electron chi connectivity index (χ0n) is 12.0. The Balaban J connectivity index is 1.69. The van der Waals surface area contributed by atoms with Crippen LogP contribution in [0.5, 0.6) is 0 Å². The van der Waals surface area contributed by atoms with E-state index in [-0.39, 0.29) is 0 Å². The van der Waals surface area contributed by atoms with Crippen LogP contribution in [0.1, 0.15) is 47.2 Å². The maximum atomic E-state index is 12.5. The number of nitrogens with zero attached hydrogens (tertiary/aromatic N) is 1. The van der Waals surface area contributed by atoms with E-state index in [0.717, 1.165) is 23.6 Å². The van der Waals surface area contributed by atoms with Gasteiger partial charge in [-0.1, -0.05) is 17.7 Å². The lowest BCUT2D eigenvalue weighted by atomic mass is 10.0. The summed E-state index contributed by atoms with van der Waals surface area (Å²) < 4.78 is 0. The van der Waals surface area contributed by atoms with Crippen LogP contribution in [-0.2, 0) is 0 Å². The molecule has 3 rings (SSSR count). The van der Waals surface area contributed by atoms with Crippen molar-refractivity contribution in [3.63, 3.8) is 0 Å². The molecule has 0 atom stereocenters. The molecule has 0 bridgehead atoms. The summed E-state index contributed by atoms with van der Waals surface area (Å²) in [7, 11) is 0. The van der Waals surface area contributed by atoms with Gasteiger partial charge in [0.05, 0.1) is 6.54 Å². The van der Waals surface area contributed by atoms with E-state index < -0.39 is 0 Å². The molecule has 0 amide bonds. The number of rotatable bonds is 6. The predicted octanol–water partition coefficient (Wildman–Crippen LogP) is 3.36. The number of hydrogen-bond donors (Lipinski definition) is 0. The summed E-state index contributed by atoms with van der Waals surface area (Å²) in [6, 6.07) is 6.87. The number of aryl methyl sites for hydroxylation is 2. The van der Waals surface area contributed by atoms with Gasteiger partial charge in [0.15, 0.2) is 5.78 Å². The number of benzene rings is 1. The molecule has 2 fully saturated rings. The van der Waals surface area contributed by atoms with Crippen molar-refractivity contribution in [3.05, 3.63) is 34.9 Å². The number of hydrogen-bond acceptors (Lipinski definition) is 2. The first kappa shape index (κ1) is 12.9. The molecule has 0 aliphatic heterocycles. The van der Waals surface area contributed by atoms with E-state index in [1.165, 1.54) is 31.2 Å². The van der Waals surface area contributed by atoms with Crippen LogP contribution >= 0.6 is 0 Å². The molecule has 0 spiro atoms. The fourth-order valence-corrected chi connectivity index (χ4v) is 2.72. The van der Waals surface area contributed by atoms with Crippen molar-refractivity contribution < 1.29 is 4.79 Å². The van der Waals surface area contributed by atoms with E-state index in [4.69, 9.17) is 0 Å². The molecule has 0 aromatic heterocycles. The van der Waals surface area contributed by atoms with Crippen LogP contribution in [0.15, 0.2) is 18.2 Å². The molecular formula is C17H23NO. The van der Waals surface area contributed by atoms with Gasteiger partial charge in [-0.15, -0.1) is 0 Å². The Morgan fingerprint density at radius 2 is 1.95 bits per heavy atom. The third-order valence-electron chi connectivity index (χ3n) is 4.29. The first-order valence-corrected chi connectivity index (χ1v) is 7.48. The minimum Gasteiger partial charge on any atom is -0.293 e. The van der Waals surface area contributed by atoms with Crippen LogP contribution in [0.2, 0.25) is 0 Å². The minimum absolute atomic E-state index is 0.300. The normalized spacial score (nSPS) is 18.9. The molecule has 2 aliphatic rings. The Hall–Kier alpha value is -1.15. The molecule has 2 heteroatoms. The van der Waals surface area contributed by atoms with Gasteiger partial charge >= 0.3 is 0 Å². The molecular weight excluding hydrogens is 234 g/mol. The van der Waals surface area contributed by atoms with Crippen molar-refractivity contribution >= 4 is 5.78 Å². The summed E-state index contributed by atoms with van der Waals surface area (Å²) in [5, 5.41) is 0. The fraction of sp³-hybridized carbons (Fsp3) is 0.588. The Morgan fingerprint density at radius 3 is 2.58 bits per heavy atom. The van der Waals surface area contributed by atoms with E-state index >= 15 is 0 Å². The summed E-state index contributed by atoms with van der Waals surface area (Å²) in [4.78, 5) is 15.0. The maximum Gasteiger partial charge on any atom is 0.177 e. The minimum atomic E-state index is 0.300. The van der Waals surface area contributed by atoms with Gasteiger partial charge in [0, 0.05) is 18.2 Å². The quantitative estimate of drug-likeness (QED) is 0.728. The smallest absolute Gasteiger partial charge is 0.177 e. The van der Waals surface area contributed by atoms with Gasteiger partial charge in [0.2, 0.25) is 0 Å². The van der Waals surface area contributed by atoms with Crippen LogP contribution in [0.25, 0.3) is 0 Å². The molecule has 2 nitrogen and oxygen atoms in total. The third kappa shape index (κ3) is 3.24. The first-order valence-electron chi connectivity index (χ1n) is 7.48. The van der Waals surface area contributed by atoms with Gasteiger partial charge in [0.1, 0.15) is 0 Å². The lowest BCUT2D eigenvalue weighted by molar-refractivity contribution is 0.0920. The first-order chi connectivity index (χ1) is 9.13. The van der Waals surface area contributed by atoms with Gasteiger partial charge in [-0.3, -0.25) is 9.69 Å². The molecule has 1 aromatic carbocycles. The molecule has 0 radical (unpaired) electrons. The Kier molecular flexibility index (Phi) is 3.44. The topological polar surface area (TPSA) is 20.3 Å². The van der Waals surface area contributed by atoms with E-state index in [9.17, 15) is 4.79 Å². The fourth-order valence-electron chi connectivity index (χ4n) is 2.72. The lowest BCUT2D eigenvalue weighted by Crippen LogP contribution is -2.34. The van der Waals surface area contributed by atoms with E-state index in [1.54, 1.807) is 0 Å². The van der Waals surface area contributed by atoms with Crippen molar-refractivity contribution in [2.75, 3.05) is 13.1 Å². The Bertz CT molecular complexity index is 486. The summed E-state index contributed by atoms with van der Waals surface area (Å²) in [5.41, 5.74) is 3.20. The van der Waals surface area contributed by atoms with Crippen LogP contribution in [0.4, 0.5) is 0 Å². The molecule has 2 aliphatic carbocycles. The SMILES string of the molecule is Cc1ccc(C)c(C(=O)CN(CC2CC2)C2CC2)c1. The van der Waals surface area contributed by atoms with Crippen molar-refractivity contribution in [3.8, 4) is 0 Å². The predicted molar refractivity (Wildman–Crippen MR) is 77.6 cm³/mol. The van der Waals surface area contributed by atoms with Crippen LogP contribution in [-0.4, -0.2) is 29.8 Å². The number of ketones is 1. The summed E-state index contributed by atoms with van der Waals surface area (Å²) in [5.74, 6) is 1.17. The van der Waals surface area contributed by atoms with Crippen molar-refractivity contribution in [2.24, 2.45) is 5.92 Å². The largest absolute Gasteiger partial charge is 0.293 e. The summed E-state index contributed by atoms with van der Waals surface area (Å²) in [6.45, 7) is 5.85. The third-order valence-corrected chi connectivity index (χ3v) is 4.29. The average molecular weight is 257 g/mol. The second-order valence-corrected chi connectivity index (χ2v) is 6.35. The van der Waals surface area contributed by atoms with Crippen LogP contribution < -0.4 is 0 Å². The van der Waals surface area contributed by atoms with E-state index in [2.05, 4.69) is 24.0 Å². The average Bonchev–Trinajstić information content (AvgIpc) is 3.24. The molecule has 0 saturated heterocycles. The van der Waals surface area contributed by atoms with Gasteiger partial charge in [-0.05, 0) is 57.1 Å². The highest BCUT2D eigenvalue weighted by Crippen LogP contribution is 2.34. The zero-order valence-corrected chi connectivity index (χ0v) is 12.0. The molecule has 0 N–H and O–H groups in total. The standard InChI is InChI=1S/C17H23NO/c1-12-3-4-13(2)16(9-12)17(19)11-18(15-7-8-15)10-14-5-6-14/h3-4,9,14-15H,5-8,10-11H2,1-2H3. The van der Waals surface area contributed by atoms with Crippen LogP contribution in [0, 0.1) is 19.8 Å². The van der Waals surface area contributed by atoms with Crippen molar-refractivity contribution in [1.29, 1.82) is 0 Å². The summed E-state index contributed by atoms with van der Waals surface area (Å²) in [6.07, 6.45) is 5.29. The Morgan fingerprint density at radius 1 is 1.21 bits per heavy atom. The number of carbonyl (C=O) groups is 1. The monoisotopic (exact) mass is 257 g/mol. The van der Waals surface area contributed by atoms with Crippen molar-refractivity contribution in [1.82, 2.24) is 4.90 Å². The zero-order chi connectivity index (χ0) is 13.4. The Labute approximate surface area is 115 Å². The van der Waals surface area contributed by atoms with Gasteiger partial charge in [-0.2, -0.15) is 0 Å². The van der Waals surface area contributed by atoms with Gasteiger partial charge in [0.25, 0.3) is 0 Å². The number of carbonyl (C=O) groups excluding carboxylic acids is 1. The van der Waals surface area contributed by atoms with E-state index in [1.807, 2.05) is 13.0 Å². The maximum absolute atomic E-state index is 12.5. The second kappa shape index (κ2) is 5.09. The molecule has 1 aromatic rings.